The molecule has 0 aromatic rings. The van der Waals surface area contributed by atoms with Gasteiger partial charge >= 0.3 is 0 Å². The first-order valence-electron chi connectivity index (χ1n) is 9.43. The van der Waals surface area contributed by atoms with Gasteiger partial charge in [-0.3, -0.25) is 0 Å². The molecule has 148 valence electrons. The molecule has 0 saturated carbocycles. The number of hydrogen-bond donors (Lipinski definition) is 0. The van der Waals surface area contributed by atoms with E-state index < -0.39 is 0 Å². The summed E-state index contributed by atoms with van der Waals surface area (Å²) in [5, 5.41) is 2.14. The second-order valence-corrected chi connectivity index (χ2v) is 7.74. The van der Waals surface area contributed by atoms with Crippen LogP contribution in [0.15, 0.2) is 24.3 Å². The van der Waals surface area contributed by atoms with Gasteiger partial charge in [0.1, 0.15) is 13.6 Å². The Bertz CT molecular complexity index is 292. The highest BCUT2D eigenvalue weighted by Crippen LogP contribution is 2.06. The van der Waals surface area contributed by atoms with Gasteiger partial charge in [-0.1, -0.05) is 56.2 Å². The van der Waals surface area contributed by atoms with Crippen LogP contribution >= 0.6 is 31.9 Å². The van der Waals surface area contributed by atoms with E-state index >= 15 is 0 Å². The first-order chi connectivity index (χ1) is 12.2. The molecule has 0 aliphatic carbocycles. The Kier molecular flexibility index (Phi) is 20.9. The molecule has 2 unspecified atom stereocenters. The Balaban J connectivity index is 3.40. The Morgan fingerprint density at radius 1 is 0.680 bits per heavy atom. The van der Waals surface area contributed by atoms with Gasteiger partial charge in [-0.2, -0.15) is 0 Å². The van der Waals surface area contributed by atoms with Gasteiger partial charge in [-0.05, 0) is 65.2 Å². The first kappa shape index (κ1) is 25.3. The number of ether oxygens (including phenoxy) is 3. The molecule has 0 radical (unpaired) electrons. The molecular weight excluding hydrogens is 448 g/mol. The second-order valence-electron chi connectivity index (χ2n) is 6.15. The Hall–Kier alpha value is 0.320. The smallest absolute Gasteiger partial charge is 0.149 e. The van der Waals surface area contributed by atoms with Crippen LogP contribution in [0.2, 0.25) is 0 Å². The fourth-order valence-corrected chi connectivity index (χ4v) is 2.70. The summed E-state index contributed by atoms with van der Waals surface area (Å²) >= 11 is 6.87. The standard InChI is InChI=1S/C20H36Br2O3/c1-19(13-9-5-3-7-11-15-21)24-17-23-18-25-20(2)14-10-6-4-8-12-16-22/h3-6,19-20H,7-18H2,1-2H3. The fraction of sp³-hybridized carbons (Fsp3) is 0.800. The summed E-state index contributed by atoms with van der Waals surface area (Å²) in [5.74, 6) is 0. The highest BCUT2D eigenvalue weighted by Gasteiger charge is 2.03. The molecular formula is C20H36Br2O3. The molecule has 0 aromatic heterocycles. The van der Waals surface area contributed by atoms with Gasteiger partial charge in [0.05, 0.1) is 12.2 Å². The molecule has 0 saturated heterocycles. The molecule has 25 heavy (non-hydrogen) atoms. The average Bonchev–Trinajstić information content (AvgIpc) is 2.60. The van der Waals surface area contributed by atoms with Crippen molar-refractivity contribution in [3.8, 4) is 0 Å². The zero-order valence-electron chi connectivity index (χ0n) is 15.9. The lowest BCUT2D eigenvalue weighted by molar-refractivity contribution is -0.160. The highest BCUT2D eigenvalue weighted by atomic mass is 79.9. The van der Waals surface area contributed by atoms with Crippen molar-refractivity contribution in [1.29, 1.82) is 0 Å². The molecule has 0 fully saturated rings. The van der Waals surface area contributed by atoms with Crippen molar-refractivity contribution in [2.75, 3.05) is 24.2 Å². The largest absolute Gasteiger partial charge is 0.352 e. The van der Waals surface area contributed by atoms with Crippen LogP contribution in [0.5, 0.6) is 0 Å². The molecule has 0 N–H and O–H groups in total. The summed E-state index contributed by atoms with van der Waals surface area (Å²) in [7, 11) is 0. The number of unbranched alkanes of at least 4 members (excludes halogenated alkanes) is 2. The van der Waals surface area contributed by atoms with E-state index in [9.17, 15) is 0 Å². The zero-order chi connectivity index (χ0) is 18.6. The van der Waals surface area contributed by atoms with Crippen LogP contribution in [-0.2, 0) is 14.2 Å². The molecule has 0 aromatic carbocycles. The molecule has 0 spiro atoms. The van der Waals surface area contributed by atoms with E-state index in [1.165, 1.54) is 12.8 Å². The Labute approximate surface area is 171 Å². The van der Waals surface area contributed by atoms with Crippen molar-refractivity contribution >= 4 is 31.9 Å². The van der Waals surface area contributed by atoms with Gasteiger partial charge in [0.15, 0.2) is 0 Å². The van der Waals surface area contributed by atoms with Gasteiger partial charge in [0.2, 0.25) is 0 Å². The van der Waals surface area contributed by atoms with Gasteiger partial charge in [0, 0.05) is 10.7 Å². The predicted octanol–water partition coefficient (Wildman–Crippen LogP) is 6.75. The minimum Gasteiger partial charge on any atom is -0.352 e. The SMILES string of the molecule is CC(CCC=CCCCBr)OCOCOC(C)CCC=CCCCBr. The summed E-state index contributed by atoms with van der Waals surface area (Å²) in [6.45, 7) is 4.77. The lowest BCUT2D eigenvalue weighted by Gasteiger charge is -2.14. The molecule has 2 atom stereocenters. The van der Waals surface area contributed by atoms with Crippen LogP contribution < -0.4 is 0 Å². The lowest BCUT2D eigenvalue weighted by Crippen LogP contribution is -2.15. The first-order valence-corrected chi connectivity index (χ1v) is 11.7. The normalized spacial score (nSPS) is 14.6. The maximum Gasteiger partial charge on any atom is 0.149 e. The molecule has 0 aliphatic rings. The third-order valence-corrected chi connectivity index (χ3v) is 4.82. The monoisotopic (exact) mass is 482 g/mol. The molecule has 0 aliphatic heterocycles. The van der Waals surface area contributed by atoms with E-state index in [2.05, 4.69) is 70.0 Å². The molecule has 0 heterocycles. The van der Waals surface area contributed by atoms with Crippen LogP contribution in [0.1, 0.15) is 65.2 Å². The van der Waals surface area contributed by atoms with Crippen LogP contribution in [0, 0.1) is 0 Å². The second kappa shape index (κ2) is 20.6. The summed E-state index contributed by atoms with van der Waals surface area (Å²) in [6, 6.07) is 0. The van der Waals surface area contributed by atoms with Crippen molar-refractivity contribution in [2.24, 2.45) is 0 Å². The maximum atomic E-state index is 5.63. The predicted molar refractivity (Wildman–Crippen MR) is 115 cm³/mol. The summed E-state index contributed by atoms with van der Waals surface area (Å²) < 4.78 is 16.7. The Morgan fingerprint density at radius 3 is 1.48 bits per heavy atom. The summed E-state index contributed by atoms with van der Waals surface area (Å²) in [6.07, 6.45) is 18.2. The number of allylic oxidation sites excluding steroid dienone is 4. The van der Waals surface area contributed by atoms with Crippen molar-refractivity contribution in [1.82, 2.24) is 0 Å². The third-order valence-electron chi connectivity index (χ3n) is 3.69. The Morgan fingerprint density at radius 2 is 1.08 bits per heavy atom. The molecule has 0 bridgehead atoms. The van der Waals surface area contributed by atoms with Crippen molar-refractivity contribution in [2.45, 2.75) is 77.4 Å². The van der Waals surface area contributed by atoms with E-state index in [-0.39, 0.29) is 12.2 Å². The van der Waals surface area contributed by atoms with Crippen LogP contribution in [-0.4, -0.2) is 36.5 Å². The molecule has 0 amide bonds. The highest BCUT2D eigenvalue weighted by molar-refractivity contribution is 9.09. The van der Waals surface area contributed by atoms with Gasteiger partial charge in [0.25, 0.3) is 0 Å². The minimum atomic E-state index is 0.211. The van der Waals surface area contributed by atoms with Gasteiger partial charge in [-0.25, -0.2) is 0 Å². The van der Waals surface area contributed by atoms with E-state index in [0.717, 1.165) is 49.2 Å². The average molecular weight is 484 g/mol. The minimum absolute atomic E-state index is 0.211. The number of rotatable bonds is 18. The van der Waals surface area contributed by atoms with Crippen LogP contribution in [0.3, 0.4) is 0 Å². The third kappa shape index (κ3) is 20.5. The quantitative estimate of drug-likeness (QED) is 0.0933. The molecule has 0 rings (SSSR count). The number of hydrogen-bond acceptors (Lipinski definition) is 3. The van der Waals surface area contributed by atoms with Crippen molar-refractivity contribution < 1.29 is 14.2 Å². The summed E-state index contributed by atoms with van der Waals surface area (Å²) in [4.78, 5) is 0. The van der Waals surface area contributed by atoms with Gasteiger partial charge < -0.3 is 14.2 Å². The maximum absolute atomic E-state index is 5.63. The van der Waals surface area contributed by atoms with Gasteiger partial charge in [-0.15, -0.1) is 0 Å². The van der Waals surface area contributed by atoms with Crippen molar-refractivity contribution in [3.05, 3.63) is 24.3 Å². The zero-order valence-corrected chi connectivity index (χ0v) is 19.1. The summed E-state index contributed by atoms with van der Waals surface area (Å²) in [5.41, 5.74) is 0. The van der Waals surface area contributed by atoms with E-state index in [1.807, 2.05) is 0 Å². The fourth-order valence-electron chi connectivity index (χ4n) is 2.05. The number of halogens is 2. The van der Waals surface area contributed by atoms with E-state index in [1.54, 1.807) is 0 Å². The number of alkyl halides is 2. The van der Waals surface area contributed by atoms with E-state index in [4.69, 9.17) is 14.2 Å². The lowest BCUT2D eigenvalue weighted by atomic mass is 10.2. The molecule has 5 heteroatoms. The molecule has 3 nitrogen and oxygen atoms in total. The topological polar surface area (TPSA) is 27.7 Å². The van der Waals surface area contributed by atoms with E-state index in [0.29, 0.717) is 13.6 Å². The van der Waals surface area contributed by atoms with Crippen LogP contribution in [0.4, 0.5) is 0 Å². The van der Waals surface area contributed by atoms with Crippen LogP contribution in [0.25, 0.3) is 0 Å². The van der Waals surface area contributed by atoms with Crippen molar-refractivity contribution in [3.63, 3.8) is 0 Å².